The van der Waals surface area contributed by atoms with Gasteiger partial charge in [0.05, 0.1) is 19.0 Å². The van der Waals surface area contributed by atoms with Crippen LogP contribution in [0.15, 0.2) is 37.1 Å². The second-order valence-electron chi connectivity index (χ2n) is 6.84. The molecule has 7 heteroatoms. The average Bonchev–Trinajstić information content (AvgIpc) is 3.18. The van der Waals surface area contributed by atoms with Crippen LogP contribution >= 0.6 is 0 Å². The van der Waals surface area contributed by atoms with Crippen LogP contribution in [0.1, 0.15) is 18.4 Å². The Morgan fingerprint density at radius 3 is 3.04 bits per heavy atom. The first kappa shape index (κ1) is 18.4. The number of anilines is 1. The van der Waals surface area contributed by atoms with E-state index in [1.165, 1.54) is 5.56 Å². The van der Waals surface area contributed by atoms with Crippen molar-refractivity contribution in [2.24, 2.45) is 0 Å². The smallest absolute Gasteiger partial charge is 0.224 e. The highest BCUT2D eigenvalue weighted by molar-refractivity contribution is 5.76. The van der Waals surface area contributed by atoms with Gasteiger partial charge in [-0.15, -0.1) is 0 Å². The summed E-state index contributed by atoms with van der Waals surface area (Å²) < 4.78 is 7.81. The van der Waals surface area contributed by atoms with E-state index in [0.29, 0.717) is 32.7 Å². The summed E-state index contributed by atoms with van der Waals surface area (Å²) in [6.07, 6.45) is 9.62. The van der Waals surface area contributed by atoms with E-state index in [1.807, 2.05) is 46.9 Å². The molecule has 1 atom stereocenters. The Hall–Kier alpha value is -2.41. The molecule has 2 aromatic heterocycles. The van der Waals surface area contributed by atoms with E-state index in [1.54, 1.807) is 12.5 Å². The van der Waals surface area contributed by atoms with Gasteiger partial charge >= 0.3 is 0 Å². The summed E-state index contributed by atoms with van der Waals surface area (Å²) in [7, 11) is 3.98. The van der Waals surface area contributed by atoms with Crippen LogP contribution in [0.3, 0.4) is 0 Å². The Morgan fingerprint density at radius 1 is 1.38 bits per heavy atom. The molecule has 0 saturated carbocycles. The van der Waals surface area contributed by atoms with Gasteiger partial charge in [0.1, 0.15) is 5.82 Å². The second kappa shape index (κ2) is 8.80. The molecule has 0 bridgehead atoms. The Morgan fingerprint density at radius 2 is 2.27 bits per heavy atom. The van der Waals surface area contributed by atoms with Crippen molar-refractivity contribution in [2.75, 3.05) is 38.7 Å². The first-order valence-electron chi connectivity index (χ1n) is 9.09. The summed E-state index contributed by atoms with van der Waals surface area (Å²) in [5, 5.41) is 0. The van der Waals surface area contributed by atoms with E-state index in [9.17, 15) is 4.79 Å². The minimum absolute atomic E-state index is 0.0944. The summed E-state index contributed by atoms with van der Waals surface area (Å²) in [6, 6.07) is 4.15. The highest BCUT2D eigenvalue weighted by Crippen LogP contribution is 2.16. The molecule has 0 radical (unpaired) electrons. The van der Waals surface area contributed by atoms with Gasteiger partial charge in [-0.25, -0.2) is 9.97 Å². The van der Waals surface area contributed by atoms with Crippen molar-refractivity contribution in [3.63, 3.8) is 0 Å². The predicted octanol–water partition coefficient (Wildman–Crippen LogP) is 1.59. The van der Waals surface area contributed by atoms with Crippen molar-refractivity contribution in [1.82, 2.24) is 19.4 Å². The molecule has 140 valence electrons. The summed E-state index contributed by atoms with van der Waals surface area (Å²) >= 11 is 0. The number of aryl methyl sites for hydroxylation is 2. The molecular weight excluding hydrogens is 330 g/mol. The Labute approximate surface area is 154 Å². The van der Waals surface area contributed by atoms with Crippen LogP contribution in [-0.2, 0) is 22.5 Å². The predicted molar refractivity (Wildman–Crippen MR) is 100 cm³/mol. The van der Waals surface area contributed by atoms with E-state index < -0.39 is 0 Å². The quantitative estimate of drug-likeness (QED) is 0.753. The van der Waals surface area contributed by atoms with Gasteiger partial charge in [-0.1, -0.05) is 0 Å². The Balaban J connectivity index is 1.47. The van der Waals surface area contributed by atoms with Gasteiger partial charge in [0.25, 0.3) is 0 Å². The molecule has 1 aliphatic heterocycles. The number of pyridine rings is 1. The van der Waals surface area contributed by atoms with Crippen LogP contribution < -0.4 is 4.90 Å². The lowest BCUT2D eigenvalue weighted by Crippen LogP contribution is -2.45. The zero-order chi connectivity index (χ0) is 18.4. The summed E-state index contributed by atoms with van der Waals surface area (Å²) in [4.78, 5) is 24.7. The third-order valence-corrected chi connectivity index (χ3v) is 4.66. The summed E-state index contributed by atoms with van der Waals surface area (Å²) in [5.74, 6) is 1.15. The minimum Gasteiger partial charge on any atom is -0.375 e. The molecular formula is C19H27N5O2. The van der Waals surface area contributed by atoms with Crippen LogP contribution in [0.2, 0.25) is 0 Å². The average molecular weight is 357 g/mol. The van der Waals surface area contributed by atoms with Crippen LogP contribution in [0, 0.1) is 0 Å². The topological polar surface area (TPSA) is 63.5 Å². The number of amides is 1. The molecule has 3 heterocycles. The van der Waals surface area contributed by atoms with Crippen molar-refractivity contribution >= 4 is 11.7 Å². The molecule has 26 heavy (non-hydrogen) atoms. The maximum Gasteiger partial charge on any atom is 0.224 e. The van der Waals surface area contributed by atoms with E-state index >= 15 is 0 Å². The lowest BCUT2D eigenvalue weighted by Gasteiger charge is -2.33. The van der Waals surface area contributed by atoms with Gasteiger partial charge in [0.15, 0.2) is 0 Å². The van der Waals surface area contributed by atoms with Crippen molar-refractivity contribution in [3.8, 4) is 0 Å². The lowest BCUT2D eigenvalue weighted by molar-refractivity contribution is -0.139. The monoisotopic (exact) mass is 357 g/mol. The fourth-order valence-corrected chi connectivity index (χ4v) is 3.11. The normalized spacial score (nSPS) is 17.3. The summed E-state index contributed by atoms with van der Waals surface area (Å²) in [5.41, 5.74) is 1.25. The number of morpholine rings is 1. The van der Waals surface area contributed by atoms with Crippen LogP contribution in [0.5, 0.6) is 0 Å². The Bertz CT molecular complexity index is 702. The molecule has 0 aromatic carbocycles. The van der Waals surface area contributed by atoms with Crippen molar-refractivity contribution in [3.05, 3.63) is 42.6 Å². The zero-order valence-corrected chi connectivity index (χ0v) is 15.5. The standard InChI is InChI=1S/C19H27N5O2/c1-22(2)18-13-16(5-7-21-18)3-4-17-14-24(11-12-26-17)19(25)6-9-23-10-8-20-15-23/h5,7-8,10,13,15,17H,3-4,6,9,11-12,14H2,1-2H3/t17-/m0/s1. The zero-order valence-electron chi connectivity index (χ0n) is 15.5. The molecule has 0 N–H and O–H groups in total. The van der Waals surface area contributed by atoms with Gasteiger partial charge in [-0.3, -0.25) is 4.79 Å². The minimum atomic E-state index is 0.0944. The molecule has 7 nitrogen and oxygen atoms in total. The number of rotatable bonds is 7. The number of carbonyl (C=O) groups is 1. The van der Waals surface area contributed by atoms with Crippen molar-refractivity contribution in [1.29, 1.82) is 0 Å². The third kappa shape index (κ3) is 5.05. The molecule has 2 aromatic rings. The van der Waals surface area contributed by atoms with Crippen molar-refractivity contribution < 1.29 is 9.53 Å². The fourth-order valence-electron chi connectivity index (χ4n) is 3.11. The molecule has 1 aliphatic rings. The highest BCUT2D eigenvalue weighted by atomic mass is 16.5. The number of nitrogens with zero attached hydrogens (tertiary/aromatic N) is 5. The molecule has 0 unspecified atom stereocenters. The number of aromatic nitrogens is 3. The van der Waals surface area contributed by atoms with Gasteiger partial charge in [-0.05, 0) is 30.5 Å². The van der Waals surface area contributed by atoms with Crippen LogP contribution in [-0.4, -0.2) is 65.2 Å². The van der Waals surface area contributed by atoms with Crippen molar-refractivity contribution in [2.45, 2.75) is 31.9 Å². The lowest BCUT2D eigenvalue weighted by atomic mass is 10.1. The van der Waals surface area contributed by atoms with E-state index in [4.69, 9.17) is 4.74 Å². The molecule has 0 aliphatic carbocycles. The molecule has 1 amide bonds. The first-order valence-corrected chi connectivity index (χ1v) is 9.09. The first-order chi connectivity index (χ1) is 12.6. The number of hydrogen-bond donors (Lipinski definition) is 0. The number of ether oxygens (including phenoxy) is 1. The molecule has 3 rings (SSSR count). The maximum atomic E-state index is 12.5. The SMILES string of the molecule is CN(C)c1cc(CC[C@H]2CN(C(=O)CCn3ccnc3)CCO2)ccn1. The van der Waals surface area contributed by atoms with E-state index in [-0.39, 0.29) is 12.0 Å². The van der Waals surface area contributed by atoms with Crippen LogP contribution in [0.25, 0.3) is 0 Å². The number of imidazole rings is 1. The molecule has 1 saturated heterocycles. The number of hydrogen-bond acceptors (Lipinski definition) is 5. The van der Waals surface area contributed by atoms with Crippen LogP contribution in [0.4, 0.5) is 5.82 Å². The van der Waals surface area contributed by atoms with Gasteiger partial charge in [0.2, 0.25) is 5.91 Å². The summed E-state index contributed by atoms with van der Waals surface area (Å²) in [6.45, 7) is 2.64. The largest absolute Gasteiger partial charge is 0.375 e. The van der Waals surface area contributed by atoms with Gasteiger partial charge < -0.3 is 19.1 Å². The third-order valence-electron chi connectivity index (χ3n) is 4.66. The number of carbonyl (C=O) groups excluding carboxylic acids is 1. The van der Waals surface area contributed by atoms with Gasteiger partial charge in [-0.2, -0.15) is 0 Å². The van der Waals surface area contributed by atoms with E-state index in [2.05, 4.69) is 16.0 Å². The fraction of sp³-hybridized carbons (Fsp3) is 0.526. The molecule has 1 fully saturated rings. The second-order valence-corrected chi connectivity index (χ2v) is 6.84. The molecule has 0 spiro atoms. The highest BCUT2D eigenvalue weighted by Gasteiger charge is 2.23. The Kier molecular flexibility index (Phi) is 6.22. The maximum absolute atomic E-state index is 12.5. The van der Waals surface area contributed by atoms with E-state index in [0.717, 1.165) is 18.7 Å². The van der Waals surface area contributed by atoms with Gasteiger partial charge in [0, 0.05) is 58.7 Å².